The predicted octanol–water partition coefficient (Wildman–Crippen LogP) is 0.551. The lowest BCUT2D eigenvalue weighted by Gasteiger charge is -2.35. The van der Waals surface area contributed by atoms with Crippen LogP contribution in [-0.2, 0) is 9.59 Å². The fourth-order valence-corrected chi connectivity index (χ4v) is 2.40. The fraction of sp³-hybridized carbons (Fsp3) is 0.769. The molecule has 7 nitrogen and oxygen atoms in total. The van der Waals surface area contributed by atoms with E-state index in [0.29, 0.717) is 6.54 Å². The highest BCUT2D eigenvalue weighted by molar-refractivity contribution is 5.86. The number of carbonyl (C=O) groups excluding carboxylic acids is 2. The summed E-state index contributed by atoms with van der Waals surface area (Å²) in [7, 11) is 0. The Morgan fingerprint density at radius 3 is 2.60 bits per heavy atom. The third-order valence-electron chi connectivity index (χ3n) is 3.35. The number of hydrogen-bond donors (Lipinski definition) is 3. The molecule has 1 heterocycles. The van der Waals surface area contributed by atoms with E-state index in [1.165, 1.54) is 0 Å². The normalized spacial score (nSPS) is 18.4. The lowest BCUT2D eigenvalue weighted by Crippen LogP contribution is -2.50. The third-order valence-corrected chi connectivity index (χ3v) is 3.35. The van der Waals surface area contributed by atoms with Gasteiger partial charge in [0.25, 0.3) is 0 Å². The largest absolute Gasteiger partial charge is 0.480 e. The molecule has 1 saturated heterocycles. The lowest BCUT2D eigenvalue weighted by molar-refractivity contribution is -0.137. The average Bonchev–Trinajstić information content (AvgIpc) is 2.43. The highest BCUT2D eigenvalue weighted by Crippen LogP contribution is 2.20. The van der Waals surface area contributed by atoms with Gasteiger partial charge in [-0.3, -0.25) is 9.59 Å². The molecule has 7 heteroatoms. The van der Waals surface area contributed by atoms with Gasteiger partial charge in [-0.1, -0.05) is 13.3 Å². The number of nitrogens with one attached hydrogen (secondary N) is 2. The zero-order valence-corrected chi connectivity index (χ0v) is 11.9. The molecular formula is C13H23N3O4. The van der Waals surface area contributed by atoms with Crippen molar-refractivity contribution in [3.05, 3.63) is 0 Å². The summed E-state index contributed by atoms with van der Waals surface area (Å²) in [4.78, 5) is 35.5. The van der Waals surface area contributed by atoms with E-state index in [1.807, 2.05) is 0 Å². The predicted molar refractivity (Wildman–Crippen MR) is 73.3 cm³/mol. The van der Waals surface area contributed by atoms with Gasteiger partial charge in [0.15, 0.2) is 0 Å². The summed E-state index contributed by atoms with van der Waals surface area (Å²) in [5.41, 5.74) is 0. The summed E-state index contributed by atoms with van der Waals surface area (Å²) >= 11 is 0. The summed E-state index contributed by atoms with van der Waals surface area (Å²) in [6.45, 7) is 2.18. The summed E-state index contributed by atoms with van der Waals surface area (Å²) in [5.74, 6) is -1.60. The molecule has 114 valence electrons. The van der Waals surface area contributed by atoms with Gasteiger partial charge in [-0.2, -0.15) is 0 Å². The Hall–Kier alpha value is -1.79. The highest BCUT2D eigenvalue weighted by Gasteiger charge is 2.25. The average molecular weight is 285 g/mol. The number of piperidine rings is 1. The second-order valence-electron chi connectivity index (χ2n) is 4.96. The molecule has 3 N–H and O–H groups in total. The molecule has 1 aliphatic rings. The number of carboxylic acid groups (broad SMARTS) is 1. The lowest BCUT2D eigenvalue weighted by atomic mass is 9.99. The second kappa shape index (κ2) is 8.39. The Labute approximate surface area is 118 Å². The molecule has 1 rings (SSSR count). The van der Waals surface area contributed by atoms with Crippen LogP contribution in [0.2, 0.25) is 0 Å². The molecule has 0 aromatic heterocycles. The van der Waals surface area contributed by atoms with Gasteiger partial charge in [-0.05, 0) is 25.7 Å². The Morgan fingerprint density at radius 1 is 1.20 bits per heavy atom. The van der Waals surface area contributed by atoms with Crippen molar-refractivity contribution >= 4 is 17.9 Å². The maximum absolute atomic E-state index is 12.0. The molecule has 1 atom stereocenters. The first-order valence-electron chi connectivity index (χ1n) is 7.07. The summed E-state index contributed by atoms with van der Waals surface area (Å²) in [6.07, 6.45) is 5.12. The number of carbonyl (C=O) groups is 3. The smallest absolute Gasteiger partial charge is 0.322 e. The molecule has 0 saturated carbocycles. The zero-order chi connectivity index (χ0) is 15.0. The molecule has 0 radical (unpaired) electrons. The maximum atomic E-state index is 12.0. The molecule has 0 aromatic carbocycles. The number of carboxylic acids is 1. The summed E-state index contributed by atoms with van der Waals surface area (Å²) in [5, 5.41) is 13.2. The van der Waals surface area contributed by atoms with Gasteiger partial charge >= 0.3 is 12.0 Å². The van der Waals surface area contributed by atoms with Crippen molar-refractivity contribution in [1.29, 1.82) is 0 Å². The van der Waals surface area contributed by atoms with E-state index in [9.17, 15) is 14.4 Å². The van der Waals surface area contributed by atoms with Gasteiger partial charge in [-0.25, -0.2) is 4.79 Å². The van der Waals surface area contributed by atoms with Gasteiger partial charge in [0, 0.05) is 12.6 Å². The maximum Gasteiger partial charge on any atom is 0.322 e. The minimum absolute atomic E-state index is 0.193. The molecule has 0 aliphatic carbocycles. The SMILES string of the molecule is CCCC1CCCCN1C(=O)NCC(=O)NCC(=O)O. The first-order chi connectivity index (χ1) is 9.54. The number of urea groups is 1. The van der Waals surface area contributed by atoms with Crippen molar-refractivity contribution in [2.75, 3.05) is 19.6 Å². The molecule has 3 amide bonds. The first kappa shape index (κ1) is 16.3. The van der Waals surface area contributed by atoms with Crippen molar-refractivity contribution < 1.29 is 19.5 Å². The van der Waals surface area contributed by atoms with E-state index in [0.717, 1.165) is 32.1 Å². The van der Waals surface area contributed by atoms with E-state index in [1.54, 1.807) is 4.90 Å². The van der Waals surface area contributed by atoms with Crippen molar-refractivity contribution in [3.63, 3.8) is 0 Å². The van der Waals surface area contributed by atoms with Crippen LogP contribution in [0.4, 0.5) is 4.79 Å². The molecule has 1 unspecified atom stereocenters. The van der Waals surface area contributed by atoms with Crippen LogP contribution >= 0.6 is 0 Å². The van der Waals surface area contributed by atoms with Crippen LogP contribution in [0.15, 0.2) is 0 Å². The topological polar surface area (TPSA) is 98.7 Å². The van der Waals surface area contributed by atoms with Crippen molar-refractivity contribution in [2.24, 2.45) is 0 Å². The number of likely N-dealkylation sites (tertiary alicyclic amines) is 1. The quantitative estimate of drug-likeness (QED) is 0.663. The van der Waals surface area contributed by atoms with Gasteiger partial charge in [0.05, 0.1) is 6.54 Å². The van der Waals surface area contributed by atoms with Gasteiger partial charge in [-0.15, -0.1) is 0 Å². The van der Waals surface area contributed by atoms with Crippen molar-refractivity contribution in [3.8, 4) is 0 Å². The van der Waals surface area contributed by atoms with E-state index >= 15 is 0 Å². The fourth-order valence-electron chi connectivity index (χ4n) is 2.40. The van der Waals surface area contributed by atoms with Crippen LogP contribution in [0, 0.1) is 0 Å². The minimum Gasteiger partial charge on any atom is -0.480 e. The number of amides is 3. The molecule has 0 bridgehead atoms. The number of aliphatic carboxylic acids is 1. The molecule has 20 heavy (non-hydrogen) atoms. The van der Waals surface area contributed by atoms with Crippen molar-refractivity contribution in [2.45, 2.75) is 45.1 Å². The number of rotatable bonds is 6. The standard InChI is InChI=1S/C13H23N3O4/c1-2-5-10-6-3-4-7-16(10)13(20)15-8-11(17)14-9-12(18)19/h10H,2-9H2,1H3,(H,14,17)(H,15,20)(H,18,19). The third kappa shape index (κ3) is 5.46. The highest BCUT2D eigenvalue weighted by atomic mass is 16.4. The molecule has 0 aromatic rings. The zero-order valence-electron chi connectivity index (χ0n) is 11.9. The molecule has 1 aliphatic heterocycles. The monoisotopic (exact) mass is 285 g/mol. The van der Waals surface area contributed by atoms with Crippen LogP contribution < -0.4 is 10.6 Å². The Balaban J connectivity index is 2.36. The minimum atomic E-state index is -1.11. The summed E-state index contributed by atoms with van der Waals surface area (Å²) in [6, 6.07) is 0.00413. The van der Waals surface area contributed by atoms with Crippen molar-refractivity contribution in [1.82, 2.24) is 15.5 Å². The second-order valence-corrected chi connectivity index (χ2v) is 4.96. The summed E-state index contributed by atoms with van der Waals surface area (Å²) < 4.78 is 0. The van der Waals surface area contributed by atoms with Crippen LogP contribution in [0.5, 0.6) is 0 Å². The first-order valence-corrected chi connectivity index (χ1v) is 7.07. The van der Waals surface area contributed by atoms with Crippen LogP contribution in [-0.4, -0.2) is 53.6 Å². The Kier molecular flexibility index (Phi) is 6.83. The molecule has 0 spiro atoms. The van der Waals surface area contributed by atoms with E-state index in [4.69, 9.17) is 5.11 Å². The van der Waals surface area contributed by atoms with Gasteiger partial charge in [0.1, 0.15) is 6.54 Å². The van der Waals surface area contributed by atoms with E-state index in [2.05, 4.69) is 17.6 Å². The van der Waals surface area contributed by atoms with Crippen LogP contribution in [0.3, 0.4) is 0 Å². The van der Waals surface area contributed by atoms with E-state index < -0.39 is 18.4 Å². The van der Waals surface area contributed by atoms with Gasteiger partial charge in [0.2, 0.25) is 5.91 Å². The number of hydrogen-bond acceptors (Lipinski definition) is 3. The van der Waals surface area contributed by atoms with Crippen LogP contribution in [0.1, 0.15) is 39.0 Å². The van der Waals surface area contributed by atoms with E-state index in [-0.39, 0.29) is 18.6 Å². The Bertz CT molecular complexity index is 358. The molecular weight excluding hydrogens is 262 g/mol. The number of nitrogens with zero attached hydrogens (tertiary/aromatic N) is 1. The molecule has 1 fully saturated rings. The Morgan fingerprint density at radius 2 is 1.95 bits per heavy atom. The van der Waals surface area contributed by atoms with Crippen LogP contribution in [0.25, 0.3) is 0 Å². The van der Waals surface area contributed by atoms with Gasteiger partial charge < -0.3 is 20.6 Å².